The molecule has 0 aliphatic heterocycles. The molecule has 1 unspecified atom stereocenters. The van der Waals surface area contributed by atoms with Crippen molar-refractivity contribution in [3.05, 3.63) is 39.8 Å². The summed E-state index contributed by atoms with van der Waals surface area (Å²) in [5.74, 6) is 0. The van der Waals surface area contributed by atoms with Gasteiger partial charge in [-0.15, -0.1) is 11.3 Å². The summed E-state index contributed by atoms with van der Waals surface area (Å²) in [5.41, 5.74) is 1.83. The Labute approximate surface area is 134 Å². The number of pyridine rings is 1. The minimum Gasteiger partial charge on any atom is -0.591 e. The fourth-order valence-electron chi connectivity index (χ4n) is 1.43. The molecule has 2 aromatic heterocycles. The van der Waals surface area contributed by atoms with Crippen LogP contribution in [0, 0.1) is 0 Å². The molecule has 0 aliphatic rings. The normalized spacial score (nSPS) is 13.8. The van der Waals surface area contributed by atoms with E-state index in [9.17, 15) is 4.55 Å². The summed E-state index contributed by atoms with van der Waals surface area (Å²) < 4.78 is 16.6. The highest BCUT2D eigenvalue weighted by atomic mass is 79.9. The van der Waals surface area contributed by atoms with E-state index in [-0.39, 0.29) is 4.75 Å². The number of rotatable bonds is 3. The molecule has 0 radical (unpaired) electrons. The third kappa shape index (κ3) is 3.91. The molecule has 2 heterocycles. The molecule has 3 nitrogen and oxygen atoms in total. The van der Waals surface area contributed by atoms with Gasteiger partial charge < -0.3 is 4.55 Å². The van der Waals surface area contributed by atoms with Gasteiger partial charge in [-0.25, -0.2) is 4.98 Å². The molecule has 0 bridgehead atoms. The van der Waals surface area contributed by atoms with Crippen LogP contribution in [-0.4, -0.2) is 20.5 Å². The van der Waals surface area contributed by atoms with Crippen molar-refractivity contribution in [3.63, 3.8) is 0 Å². The number of aromatic nitrogens is 1. The molecule has 0 saturated carbocycles. The lowest BCUT2D eigenvalue weighted by atomic mass is 10.2. The van der Waals surface area contributed by atoms with Crippen LogP contribution >= 0.6 is 27.3 Å². The summed E-state index contributed by atoms with van der Waals surface area (Å²) in [6.07, 6.45) is 1.68. The van der Waals surface area contributed by atoms with Gasteiger partial charge in [0.15, 0.2) is 0 Å². The minimum atomic E-state index is -1.25. The van der Waals surface area contributed by atoms with Gasteiger partial charge in [-0.1, -0.05) is 10.5 Å². The molecule has 0 spiro atoms. The Hall–Kier alpha value is -0.690. The first-order chi connectivity index (χ1) is 9.38. The van der Waals surface area contributed by atoms with Crippen molar-refractivity contribution in [2.45, 2.75) is 25.5 Å². The third-order valence-corrected chi connectivity index (χ3v) is 5.19. The van der Waals surface area contributed by atoms with Gasteiger partial charge >= 0.3 is 0 Å². The Morgan fingerprint density at radius 1 is 1.35 bits per heavy atom. The van der Waals surface area contributed by atoms with E-state index in [1.54, 1.807) is 17.6 Å². The van der Waals surface area contributed by atoms with Crippen LogP contribution in [0.2, 0.25) is 0 Å². The van der Waals surface area contributed by atoms with Gasteiger partial charge in [0.2, 0.25) is 0 Å². The molecule has 0 fully saturated rings. The molecule has 0 amide bonds. The predicted octanol–water partition coefficient (Wildman–Crippen LogP) is 4.45. The molecule has 2 rings (SSSR count). The Bertz CT molecular complexity index is 620. The Morgan fingerprint density at radius 2 is 2.10 bits per heavy atom. The van der Waals surface area contributed by atoms with Crippen LogP contribution in [0.3, 0.4) is 0 Å². The topological polar surface area (TPSA) is 48.3 Å². The smallest absolute Gasteiger partial charge is 0.144 e. The molecular formula is C14H15BrN2OS2. The molecule has 0 saturated heterocycles. The number of hydrogen-bond acceptors (Lipinski definition) is 4. The number of nitrogens with zero attached hydrogens (tertiary/aromatic N) is 2. The highest BCUT2D eigenvalue weighted by Gasteiger charge is 2.26. The molecule has 2 aromatic rings. The molecule has 0 aromatic carbocycles. The van der Waals surface area contributed by atoms with E-state index < -0.39 is 11.4 Å². The Kier molecular flexibility index (Phi) is 5.01. The second-order valence-corrected chi connectivity index (χ2v) is 8.81. The van der Waals surface area contributed by atoms with Crippen LogP contribution in [0.4, 0.5) is 0 Å². The van der Waals surface area contributed by atoms with Gasteiger partial charge in [-0.05, 0) is 60.3 Å². The number of thiophene rings is 1. The van der Waals surface area contributed by atoms with E-state index in [4.69, 9.17) is 0 Å². The van der Waals surface area contributed by atoms with E-state index in [1.165, 1.54) is 0 Å². The summed E-state index contributed by atoms with van der Waals surface area (Å²) in [6.45, 7) is 5.72. The fraction of sp³-hybridized carbons (Fsp3) is 0.286. The second kappa shape index (κ2) is 6.39. The van der Waals surface area contributed by atoms with Crippen molar-refractivity contribution in [2.24, 2.45) is 4.40 Å². The van der Waals surface area contributed by atoms with Gasteiger partial charge in [-0.3, -0.25) is 0 Å². The number of hydrogen-bond donors (Lipinski definition) is 0. The SMILES string of the molecule is CC(C)(C)[S+]([O-])/N=C\c1ccsc1-c1cccc(Br)n1. The molecular weight excluding hydrogens is 356 g/mol. The van der Waals surface area contributed by atoms with Crippen molar-refractivity contribution in [2.75, 3.05) is 0 Å². The minimum absolute atomic E-state index is 0.347. The highest BCUT2D eigenvalue weighted by molar-refractivity contribution is 9.10. The van der Waals surface area contributed by atoms with E-state index >= 15 is 0 Å². The van der Waals surface area contributed by atoms with Crippen molar-refractivity contribution >= 4 is 44.8 Å². The van der Waals surface area contributed by atoms with Gasteiger partial charge in [0, 0.05) is 5.56 Å². The lowest BCUT2D eigenvalue weighted by Crippen LogP contribution is -2.25. The standard InChI is InChI=1S/C14H15BrN2OS2/c1-14(2,3)20(18)16-9-10-7-8-19-13(10)11-5-4-6-12(15)17-11/h4-9H,1-3H3/b16-9-. The summed E-state index contributed by atoms with van der Waals surface area (Å²) in [5, 5.41) is 1.99. The Morgan fingerprint density at radius 3 is 2.75 bits per heavy atom. The van der Waals surface area contributed by atoms with Gasteiger partial charge in [0.25, 0.3) is 0 Å². The van der Waals surface area contributed by atoms with Crippen molar-refractivity contribution < 1.29 is 4.55 Å². The van der Waals surface area contributed by atoms with Crippen LogP contribution in [0.1, 0.15) is 26.3 Å². The van der Waals surface area contributed by atoms with Crippen LogP contribution in [0.5, 0.6) is 0 Å². The first-order valence-corrected chi connectivity index (χ1v) is 8.82. The first kappa shape index (κ1) is 15.7. The van der Waals surface area contributed by atoms with Crippen LogP contribution in [0.25, 0.3) is 10.6 Å². The van der Waals surface area contributed by atoms with Crippen LogP contribution < -0.4 is 0 Å². The van der Waals surface area contributed by atoms with Crippen LogP contribution in [-0.2, 0) is 11.4 Å². The monoisotopic (exact) mass is 370 g/mol. The van der Waals surface area contributed by atoms with Gasteiger partial charge in [0.1, 0.15) is 20.7 Å². The highest BCUT2D eigenvalue weighted by Crippen LogP contribution is 2.28. The van der Waals surface area contributed by atoms with Crippen molar-refractivity contribution in [1.29, 1.82) is 0 Å². The van der Waals surface area contributed by atoms with E-state index in [0.29, 0.717) is 0 Å². The zero-order valence-corrected chi connectivity index (χ0v) is 14.7. The first-order valence-electron chi connectivity index (χ1n) is 6.04. The second-order valence-electron chi connectivity index (χ2n) is 5.15. The quantitative estimate of drug-likeness (QED) is 0.455. The predicted molar refractivity (Wildman–Crippen MR) is 90.7 cm³/mol. The average molecular weight is 371 g/mol. The molecule has 106 valence electrons. The third-order valence-electron chi connectivity index (χ3n) is 2.45. The maximum Gasteiger partial charge on any atom is 0.144 e. The molecule has 1 atom stereocenters. The summed E-state index contributed by atoms with van der Waals surface area (Å²) in [4.78, 5) is 5.47. The fourth-order valence-corrected chi connectivity index (χ4v) is 3.14. The summed E-state index contributed by atoms with van der Waals surface area (Å²) in [7, 11) is 0. The lowest BCUT2D eigenvalue weighted by Gasteiger charge is -2.17. The Balaban J connectivity index is 2.28. The largest absolute Gasteiger partial charge is 0.591 e. The summed E-state index contributed by atoms with van der Waals surface area (Å²) in [6, 6.07) is 7.75. The maximum absolute atomic E-state index is 12.0. The molecule has 0 N–H and O–H groups in total. The molecule has 0 aliphatic carbocycles. The van der Waals surface area contributed by atoms with Crippen molar-refractivity contribution in [1.82, 2.24) is 4.98 Å². The molecule has 6 heteroatoms. The van der Waals surface area contributed by atoms with Crippen molar-refractivity contribution in [3.8, 4) is 10.6 Å². The zero-order chi connectivity index (χ0) is 14.8. The van der Waals surface area contributed by atoms with E-state index in [0.717, 1.165) is 20.7 Å². The van der Waals surface area contributed by atoms with Crippen LogP contribution in [0.15, 0.2) is 38.6 Å². The lowest BCUT2D eigenvalue weighted by molar-refractivity contribution is 0.562. The average Bonchev–Trinajstić information content (AvgIpc) is 2.83. The molecule has 20 heavy (non-hydrogen) atoms. The van der Waals surface area contributed by atoms with Gasteiger partial charge in [0.05, 0.1) is 16.8 Å². The summed E-state index contributed by atoms with van der Waals surface area (Å²) >= 11 is 3.72. The van der Waals surface area contributed by atoms with Gasteiger partial charge in [-0.2, -0.15) is 0 Å². The van der Waals surface area contributed by atoms with E-state index in [1.807, 2.05) is 50.4 Å². The zero-order valence-electron chi connectivity index (χ0n) is 11.5. The number of halogens is 1. The van der Waals surface area contributed by atoms with E-state index in [2.05, 4.69) is 25.3 Å². The maximum atomic E-state index is 12.0.